The molecule has 0 spiro atoms. The summed E-state index contributed by atoms with van der Waals surface area (Å²) in [6.45, 7) is 6.56. The molecule has 0 unspecified atom stereocenters. The molecule has 2 fully saturated rings. The maximum atomic E-state index is 11.9. The first-order chi connectivity index (χ1) is 6.22. The van der Waals surface area contributed by atoms with Gasteiger partial charge in [-0.05, 0) is 19.9 Å². The molecule has 74 valence electrons. The van der Waals surface area contributed by atoms with Crippen molar-refractivity contribution in [2.75, 3.05) is 32.7 Å². The van der Waals surface area contributed by atoms with Crippen molar-refractivity contribution in [3.05, 3.63) is 0 Å². The number of hydrogen-bond acceptors (Lipinski definition) is 3. The van der Waals surface area contributed by atoms with Gasteiger partial charge < -0.3 is 15.5 Å². The Bertz CT molecular complexity index is 207. The van der Waals surface area contributed by atoms with Gasteiger partial charge in [0.1, 0.15) is 0 Å². The first-order valence-corrected chi connectivity index (χ1v) is 4.97. The molecule has 4 heteroatoms. The highest BCUT2D eigenvalue weighted by Gasteiger charge is 2.41. The maximum absolute atomic E-state index is 11.9. The van der Waals surface area contributed by atoms with E-state index in [-0.39, 0.29) is 11.4 Å². The largest absolute Gasteiger partial charge is 0.339 e. The minimum atomic E-state index is -0.253. The topological polar surface area (TPSA) is 44.4 Å². The fraction of sp³-hybridized carbons (Fsp3) is 0.889. The maximum Gasteiger partial charge on any atom is 0.242 e. The van der Waals surface area contributed by atoms with Gasteiger partial charge in [-0.1, -0.05) is 0 Å². The highest BCUT2D eigenvalue weighted by Crippen LogP contribution is 2.20. The molecule has 0 bridgehead atoms. The Morgan fingerprint density at radius 3 is 2.38 bits per heavy atom. The lowest BCUT2D eigenvalue weighted by Crippen LogP contribution is -2.66. The summed E-state index contributed by atoms with van der Waals surface area (Å²) < 4.78 is 0. The van der Waals surface area contributed by atoms with Crippen molar-refractivity contribution in [1.29, 1.82) is 0 Å². The van der Waals surface area contributed by atoms with E-state index in [2.05, 4.69) is 10.6 Å². The minimum absolute atomic E-state index is 0.253. The highest BCUT2D eigenvalue weighted by atomic mass is 16.2. The van der Waals surface area contributed by atoms with Crippen LogP contribution in [0.5, 0.6) is 0 Å². The van der Waals surface area contributed by atoms with E-state index in [1.807, 2.05) is 11.8 Å². The zero-order chi connectivity index (χ0) is 9.31. The molecule has 0 saturated carbocycles. The van der Waals surface area contributed by atoms with Gasteiger partial charge in [0.25, 0.3) is 0 Å². The van der Waals surface area contributed by atoms with Gasteiger partial charge in [0, 0.05) is 26.2 Å². The molecule has 1 atom stereocenters. The standard InChI is InChI=1S/C9H17N3O/c1-9(2-3-11-9)8(13)12-6-4-10-5-7-12/h10-11H,2-7H2,1H3/t9-/m1/s1. The molecule has 0 aliphatic carbocycles. The zero-order valence-electron chi connectivity index (χ0n) is 8.10. The molecular formula is C9H17N3O. The third-order valence-corrected chi connectivity index (χ3v) is 3.02. The van der Waals surface area contributed by atoms with Crippen molar-refractivity contribution in [1.82, 2.24) is 15.5 Å². The number of rotatable bonds is 1. The van der Waals surface area contributed by atoms with E-state index in [9.17, 15) is 4.79 Å². The second-order valence-corrected chi connectivity index (χ2v) is 4.05. The summed E-state index contributed by atoms with van der Waals surface area (Å²) in [5, 5.41) is 6.45. The van der Waals surface area contributed by atoms with Crippen molar-refractivity contribution in [3.8, 4) is 0 Å². The van der Waals surface area contributed by atoms with Gasteiger partial charge in [0.15, 0.2) is 0 Å². The molecule has 2 rings (SSSR count). The van der Waals surface area contributed by atoms with Crippen LogP contribution in [-0.2, 0) is 4.79 Å². The Balaban J connectivity index is 1.95. The molecule has 0 radical (unpaired) electrons. The number of carbonyl (C=O) groups excluding carboxylic acids is 1. The number of piperazine rings is 1. The lowest BCUT2D eigenvalue weighted by atomic mass is 9.88. The van der Waals surface area contributed by atoms with Gasteiger partial charge in [-0.25, -0.2) is 0 Å². The van der Waals surface area contributed by atoms with Crippen LogP contribution in [0.2, 0.25) is 0 Å². The van der Waals surface area contributed by atoms with Crippen LogP contribution in [0.1, 0.15) is 13.3 Å². The van der Waals surface area contributed by atoms with Gasteiger partial charge >= 0.3 is 0 Å². The normalized spacial score (nSPS) is 34.1. The summed E-state index contributed by atoms with van der Waals surface area (Å²) in [5.41, 5.74) is -0.253. The van der Waals surface area contributed by atoms with Crippen molar-refractivity contribution < 1.29 is 4.79 Å². The van der Waals surface area contributed by atoms with Gasteiger partial charge in [0.05, 0.1) is 5.54 Å². The summed E-state index contributed by atoms with van der Waals surface area (Å²) in [5.74, 6) is 0.278. The SMILES string of the molecule is C[C@]1(C(=O)N2CCNCC2)CCN1. The molecule has 2 saturated heterocycles. The van der Waals surface area contributed by atoms with Crippen LogP contribution in [-0.4, -0.2) is 49.1 Å². The summed E-state index contributed by atoms with van der Waals surface area (Å²) >= 11 is 0. The van der Waals surface area contributed by atoms with E-state index < -0.39 is 0 Å². The summed E-state index contributed by atoms with van der Waals surface area (Å²) in [6.07, 6.45) is 0.982. The second kappa shape index (κ2) is 3.27. The fourth-order valence-electron chi connectivity index (χ4n) is 1.90. The Labute approximate surface area is 78.7 Å². The molecule has 0 aromatic rings. The Kier molecular flexibility index (Phi) is 2.26. The van der Waals surface area contributed by atoms with Crippen LogP contribution in [0.25, 0.3) is 0 Å². The number of carbonyl (C=O) groups is 1. The zero-order valence-corrected chi connectivity index (χ0v) is 8.10. The molecule has 1 amide bonds. The predicted octanol–water partition coefficient (Wildman–Crippen LogP) is -0.830. The molecule has 0 aromatic heterocycles. The van der Waals surface area contributed by atoms with Gasteiger partial charge in [-0.3, -0.25) is 4.79 Å². The second-order valence-electron chi connectivity index (χ2n) is 4.05. The number of hydrogen-bond donors (Lipinski definition) is 2. The third kappa shape index (κ3) is 1.56. The molecule has 2 N–H and O–H groups in total. The average molecular weight is 183 g/mol. The van der Waals surface area contributed by atoms with Crippen LogP contribution >= 0.6 is 0 Å². The van der Waals surface area contributed by atoms with Crippen LogP contribution in [0, 0.1) is 0 Å². The van der Waals surface area contributed by atoms with E-state index in [4.69, 9.17) is 0 Å². The lowest BCUT2D eigenvalue weighted by Gasteiger charge is -2.43. The minimum Gasteiger partial charge on any atom is -0.339 e. The molecule has 13 heavy (non-hydrogen) atoms. The molecule has 2 heterocycles. The molecule has 2 aliphatic rings. The molecule has 4 nitrogen and oxygen atoms in total. The number of nitrogens with zero attached hydrogens (tertiary/aromatic N) is 1. The number of amides is 1. The van der Waals surface area contributed by atoms with Crippen molar-refractivity contribution >= 4 is 5.91 Å². The monoisotopic (exact) mass is 183 g/mol. The Morgan fingerprint density at radius 1 is 1.31 bits per heavy atom. The van der Waals surface area contributed by atoms with Crippen LogP contribution < -0.4 is 10.6 Å². The van der Waals surface area contributed by atoms with E-state index >= 15 is 0 Å². The van der Waals surface area contributed by atoms with Crippen molar-refractivity contribution in [2.24, 2.45) is 0 Å². The fourth-order valence-corrected chi connectivity index (χ4v) is 1.90. The van der Waals surface area contributed by atoms with Crippen LogP contribution in [0.4, 0.5) is 0 Å². The van der Waals surface area contributed by atoms with Gasteiger partial charge in [0.2, 0.25) is 5.91 Å². The Hall–Kier alpha value is -0.610. The van der Waals surface area contributed by atoms with E-state index in [1.165, 1.54) is 0 Å². The van der Waals surface area contributed by atoms with E-state index in [1.54, 1.807) is 0 Å². The predicted molar refractivity (Wildman–Crippen MR) is 50.5 cm³/mol. The van der Waals surface area contributed by atoms with Crippen molar-refractivity contribution in [2.45, 2.75) is 18.9 Å². The quantitative estimate of drug-likeness (QED) is 0.558. The van der Waals surface area contributed by atoms with Gasteiger partial charge in [-0.2, -0.15) is 0 Å². The average Bonchev–Trinajstić information content (AvgIpc) is 2.14. The first kappa shape index (κ1) is 8.97. The highest BCUT2D eigenvalue weighted by molar-refractivity contribution is 5.87. The molecule has 2 aliphatic heterocycles. The molecular weight excluding hydrogens is 166 g/mol. The number of nitrogens with one attached hydrogen (secondary N) is 2. The van der Waals surface area contributed by atoms with Crippen LogP contribution in [0.3, 0.4) is 0 Å². The third-order valence-electron chi connectivity index (χ3n) is 3.02. The van der Waals surface area contributed by atoms with Crippen LogP contribution in [0.15, 0.2) is 0 Å². The first-order valence-electron chi connectivity index (χ1n) is 4.97. The summed E-state index contributed by atoms with van der Waals surface area (Å²) in [6, 6.07) is 0. The Morgan fingerprint density at radius 2 is 1.92 bits per heavy atom. The van der Waals surface area contributed by atoms with Gasteiger partial charge in [-0.15, -0.1) is 0 Å². The summed E-state index contributed by atoms with van der Waals surface area (Å²) in [7, 11) is 0. The van der Waals surface area contributed by atoms with E-state index in [0.717, 1.165) is 39.1 Å². The summed E-state index contributed by atoms with van der Waals surface area (Å²) in [4.78, 5) is 13.9. The van der Waals surface area contributed by atoms with Crippen molar-refractivity contribution in [3.63, 3.8) is 0 Å². The lowest BCUT2D eigenvalue weighted by molar-refractivity contribution is -0.141. The van der Waals surface area contributed by atoms with E-state index in [0.29, 0.717) is 0 Å². The smallest absolute Gasteiger partial charge is 0.242 e. The molecule has 0 aromatic carbocycles.